The molecule has 1 aliphatic carbocycles. The second kappa shape index (κ2) is 9.56. The smallest absolute Gasteiger partial charge is 0.278 e. The summed E-state index contributed by atoms with van der Waals surface area (Å²) in [5, 5.41) is 3.35. The molecule has 0 aromatic heterocycles. The summed E-state index contributed by atoms with van der Waals surface area (Å²) in [5.41, 5.74) is 1.35. The van der Waals surface area contributed by atoms with E-state index in [4.69, 9.17) is 4.74 Å². The average molecular weight is 376 g/mol. The quantitative estimate of drug-likeness (QED) is 0.659. The van der Waals surface area contributed by atoms with Crippen LogP contribution >= 0.6 is 0 Å². The molecule has 1 amide bonds. The van der Waals surface area contributed by atoms with Gasteiger partial charge in [0.15, 0.2) is 6.04 Å². The molecule has 0 unspecified atom stereocenters. The lowest BCUT2D eigenvalue weighted by Gasteiger charge is -2.34. The lowest BCUT2D eigenvalue weighted by Crippen LogP contribution is -3.29. The molecule has 1 saturated heterocycles. The van der Waals surface area contributed by atoms with Crippen LogP contribution in [0.5, 0.6) is 5.75 Å². The van der Waals surface area contributed by atoms with E-state index in [2.05, 4.69) is 31.3 Å². The van der Waals surface area contributed by atoms with Crippen LogP contribution in [0.1, 0.15) is 45.1 Å². The number of amides is 1. The van der Waals surface area contributed by atoms with Crippen molar-refractivity contribution in [2.24, 2.45) is 5.92 Å². The van der Waals surface area contributed by atoms with E-state index in [1.54, 1.807) is 12.0 Å². The largest absolute Gasteiger partial charge is 0.497 e. The summed E-state index contributed by atoms with van der Waals surface area (Å²) in [7, 11) is 1.70. The van der Waals surface area contributed by atoms with Crippen molar-refractivity contribution in [3.8, 4) is 5.75 Å². The molecular formula is C22H37N3O2+2. The van der Waals surface area contributed by atoms with Gasteiger partial charge in [-0.15, -0.1) is 0 Å². The highest BCUT2D eigenvalue weighted by Crippen LogP contribution is 2.23. The Labute approximate surface area is 164 Å². The highest BCUT2D eigenvalue weighted by atomic mass is 16.5. The fourth-order valence-corrected chi connectivity index (χ4v) is 4.59. The molecule has 1 aromatic carbocycles. The summed E-state index contributed by atoms with van der Waals surface area (Å²) >= 11 is 0. The number of carbonyl (C=O) groups excluding carboxylic acids is 1. The molecule has 0 radical (unpaired) electrons. The summed E-state index contributed by atoms with van der Waals surface area (Å²) < 4.78 is 5.23. The third-order valence-corrected chi connectivity index (χ3v) is 6.66. The molecule has 0 bridgehead atoms. The maximum Gasteiger partial charge on any atom is 0.278 e. The molecule has 3 rings (SSSR count). The van der Waals surface area contributed by atoms with Gasteiger partial charge in [0.05, 0.1) is 7.11 Å². The number of hydrogen-bond donors (Lipinski definition) is 3. The molecule has 5 nitrogen and oxygen atoms in total. The standard InChI is InChI=1S/C22H35N3O2/c1-17-6-4-5-7-21(17)23-22(26)18(2)25-14-12-24(13-15-25)16-19-8-10-20(27-3)11-9-19/h8-11,17-18,21H,4-7,12-16H2,1-3H3,(H,23,26)/p+2/t17-,18-,21+/m1/s1. The van der Waals surface area contributed by atoms with Gasteiger partial charge in [-0.1, -0.05) is 19.8 Å². The van der Waals surface area contributed by atoms with Gasteiger partial charge in [0.1, 0.15) is 38.5 Å². The van der Waals surface area contributed by atoms with Gasteiger partial charge in [0, 0.05) is 11.6 Å². The monoisotopic (exact) mass is 375 g/mol. The van der Waals surface area contributed by atoms with Gasteiger partial charge in [-0.25, -0.2) is 0 Å². The Balaban J connectivity index is 1.44. The van der Waals surface area contributed by atoms with E-state index in [9.17, 15) is 4.79 Å². The van der Waals surface area contributed by atoms with Crippen molar-refractivity contribution in [3.05, 3.63) is 29.8 Å². The highest BCUT2D eigenvalue weighted by molar-refractivity contribution is 5.80. The van der Waals surface area contributed by atoms with Gasteiger partial charge in [-0.2, -0.15) is 0 Å². The van der Waals surface area contributed by atoms with Crippen LogP contribution in [0.15, 0.2) is 24.3 Å². The highest BCUT2D eigenvalue weighted by Gasteiger charge is 2.33. The van der Waals surface area contributed by atoms with E-state index in [-0.39, 0.29) is 11.9 Å². The predicted molar refractivity (Wildman–Crippen MR) is 107 cm³/mol. The number of quaternary nitrogens is 2. The number of ether oxygens (including phenoxy) is 1. The SMILES string of the molecule is COc1ccc(C[NH+]2CC[NH+]([C@H](C)C(=O)N[C@H]3CCCC[C@H]3C)CC2)cc1. The summed E-state index contributed by atoms with van der Waals surface area (Å²) in [4.78, 5) is 15.8. The first-order valence-electron chi connectivity index (χ1n) is 10.7. The van der Waals surface area contributed by atoms with Crippen LogP contribution < -0.4 is 19.9 Å². The van der Waals surface area contributed by atoms with E-state index < -0.39 is 0 Å². The van der Waals surface area contributed by atoms with Crippen LogP contribution in [-0.4, -0.2) is 51.3 Å². The molecule has 3 N–H and O–H groups in total. The number of rotatable bonds is 6. The van der Waals surface area contributed by atoms with Gasteiger partial charge in [0.25, 0.3) is 5.91 Å². The lowest BCUT2D eigenvalue weighted by molar-refractivity contribution is -1.02. The fraction of sp³-hybridized carbons (Fsp3) is 0.682. The predicted octanol–water partition coefficient (Wildman–Crippen LogP) is 0.0620. The maximum atomic E-state index is 12.7. The number of benzene rings is 1. The van der Waals surface area contributed by atoms with Crippen LogP contribution in [0.2, 0.25) is 0 Å². The molecule has 3 atom stereocenters. The molecule has 1 heterocycles. The van der Waals surface area contributed by atoms with Crippen molar-refractivity contribution >= 4 is 5.91 Å². The second-order valence-electron chi connectivity index (χ2n) is 8.53. The molecule has 1 aromatic rings. The van der Waals surface area contributed by atoms with E-state index >= 15 is 0 Å². The molecule has 2 aliphatic rings. The van der Waals surface area contributed by atoms with Crippen LogP contribution in [0.25, 0.3) is 0 Å². The summed E-state index contributed by atoms with van der Waals surface area (Å²) in [5.74, 6) is 1.79. The minimum Gasteiger partial charge on any atom is -0.497 e. The summed E-state index contributed by atoms with van der Waals surface area (Å²) in [6, 6.07) is 8.83. The zero-order chi connectivity index (χ0) is 19.2. The molecule has 1 aliphatic heterocycles. The van der Waals surface area contributed by atoms with Gasteiger partial charge in [-0.3, -0.25) is 4.79 Å². The van der Waals surface area contributed by atoms with Crippen molar-refractivity contribution in [1.29, 1.82) is 0 Å². The number of hydrogen-bond acceptors (Lipinski definition) is 2. The van der Waals surface area contributed by atoms with Crippen LogP contribution in [0, 0.1) is 5.92 Å². The Morgan fingerprint density at radius 2 is 1.81 bits per heavy atom. The molecule has 0 spiro atoms. The lowest BCUT2D eigenvalue weighted by atomic mass is 9.86. The zero-order valence-corrected chi connectivity index (χ0v) is 17.2. The number of carbonyl (C=O) groups is 1. The van der Waals surface area contributed by atoms with Crippen LogP contribution in [0.3, 0.4) is 0 Å². The fourth-order valence-electron chi connectivity index (χ4n) is 4.59. The topological polar surface area (TPSA) is 47.2 Å². The number of methoxy groups -OCH3 is 1. The number of nitrogens with one attached hydrogen (secondary N) is 3. The van der Waals surface area contributed by atoms with Gasteiger partial charge in [-0.05, 0) is 49.9 Å². The Morgan fingerprint density at radius 3 is 2.44 bits per heavy atom. The normalized spacial score (nSPS) is 29.7. The Bertz CT molecular complexity index is 596. The third kappa shape index (κ3) is 5.45. The first kappa shape index (κ1) is 20.2. The second-order valence-corrected chi connectivity index (χ2v) is 8.53. The van der Waals surface area contributed by atoms with Crippen LogP contribution in [-0.2, 0) is 11.3 Å². The zero-order valence-electron chi connectivity index (χ0n) is 17.2. The van der Waals surface area contributed by atoms with E-state index in [0.717, 1.165) is 44.9 Å². The van der Waals surface area contributed by atoms with E-state index in [0.29, 0.717) is 12.0 Å². The molecule has 1 saturated carbocycles. The van der Waals surface area contributed by atoms with Gasteiger partial charge in [0.2, 0.25) is 0 Å². The first-order chi connectivity index (χ1) is 13.1. The minimum absolute atomic E-state index is 0.0571. The van der Waals surface area contributed by atoms with Gasteiger partial charge >= 0.3 is 0 Å². The summed E-state index contributed by atoms with van der Waals surface area (Å²) in [6.45, 7) is 9.82. The Morgan fingerprint density at radius 1 is 1.15 bits per heavy atom. The van der Waals surface area contributed by atoms with Crippen molar-refractivity contribution in [3.63, 3.8) is 0 Å². The van der Waals surface area contributed by atoms with E-state index in [1.807, 2.05) is 12.1 Å². The molecule has 27 heavy (non-hydrogen) atoms. The van der Waals surface area contributed by atoms with Crippen molar-refractivity contribution < 1.29 is 19.3 Å². The Hall–Kier alpha value is -1.59. The molecule has 2 fully saturated rings. The Kier molecular flexibility index (Phi) is 7.13. The van der Waals surface area contributed by atoms with Gasteiger partial charge < -0.3 is 19.9 Å². The molecular weight excluding hydrogens is 338 g/mol. The maximum absolute atomic E-state index is 12.7. The average Bonchev–Trinajstić information content (AvgIpc) is 2.70. The molecule has 150 valence electrons. The molecule has 5 heteroatoms. The minimum atomic E-state index is 0.0571. The van der Waals surface area contributed by atoms with Crippen molar-refractivity contribution in [1.82, 2.24) is 5.32 Å². The van der Waals surface area contributed by atoms with Crippen LogP contribution in [0.4, 0.5) is 0 Å². The number of piperazine rings is 1. The van der Waals surface area contributed by atoms with E-state index in [1.165, 1.54) is 29.7 Å². The van der Waals surface area contributed by atoms with Crippen molar-refractivity contribution in [2.45, 2.75) is 58.2 Å². The third-order valence-electron chi connectivity index (χ3n) is 6.66. The summed E-state index contributed by atoms with van der Waals surface area (Å²) in [6.07, 6.45) is 4.96. The first-order valence-corrected chi connectivity index (χ1v) is 10.7. The van der Waals surface area contributed by atoms with Crippen molar-refractivity contribution in [2.75, 3.05) is 33.3 Å².